The smallest absolute Gasteiger partial charge is 0.307 e. The first kappa shape index (κ1) is 11.8. The van der Waals surface area contributed by atoms with E-state index in [1.54, 1.807) is 6.92 Å². The molecule has 2 rings (SSSR count). The summed E-state index contributed by atoms with van der Waals surface area (Å²) in [6.45, 7) is 3.67. The van der Waals surface area contributed by atoms with Crippen LogP contribution in [0.2, 0.25) is 0 Å². The van der Waals surface area contributed by atoms with Crippen LogP contribution in [0.1, 0.15) is 37.3 Å². The van der Waals surface area contributed by atoms with Crippen molar-refractivity contribution >= 4 is 11.5 Å². The molecule has 0 heterocycles. The van der Waals surface area contributed by atoms with E-state index in [0.29, 0.717) is 16.7 Å². The van der Waals surface area contributed by atoms with E-state index in [4.69, 9.17) is 5.11 Å². The number of allylic oxidation sites excluding steroid dienone is 1. The molecule has 0 saturated heterocycles. The Morgan fingerprint density at radius 2 is 1.94 bits per heavy atom. The van der Waals surface area contributed by atoms with Gasteiger partial charge < -0.3 is 5.11 Å². The SMILES string of the molecule is CC1=C(CC(=O)O)c2cc(F)c(F)cc2C1C. The van der Waals surface area contributed by atoms with E-state index in [9.17, 15) is 13.6 Å². The van der Waals surface area contributed by atoms with Crippen molar-refractivity contribution in [3.63, 3.8) is 0 Å². The summed E-state index contributed by atoms with van der Waals surface area (Å²) in [5.74, 6) is -2.85. The normalized spacial score (nSPS) is 18.5. The number of carboxylic acids is 1. The highest BCUT2D eigenvalue weighted by Gasteiger charge is 2.28. The number of hydrogen-bond donors (Lipinski definition) is 1. The zero-order valence-corrected chi connectivity index (χ0v) is 9.55. The Hall–Kier alpha value is -1.71. The molecule has 0 bridgehead atoms. The van der Waals surface area contributed by atoms with Gasteiger partial charge >= 0.3 is 5.97 Å². The molecule has 90 valence electrons. The van der Waals surface area contributed by atoms with Crippen molar-refractivity contribution in [3.05, 3.63) is 40.5 Å². The molecule has 17 heavy (non-hydrogen) atoms. The quantitative estimate of drug-likeness (QED) is 0.858. The molecule has 1 aliphatic carbocycles. The number of rotatable bonds is 2. The molecule has 0 spiro atoms. The second kappa shape index (κ2) is 3.95. The van der Waals surface area contributed by atoms with Gasteiger partial charge in [0.25, 0.3) is 0 Å². The first-order chi connectivity index (χ1) is 7.91. The fraction of sp³-hybridized carbons (Fsp3) is 0.308. The standard InChI is InChI=1S/C13H12F2O2/c1-6-7(2)9(5-13(16)17)10-4-12(15)11(14)3-8(6)10/h3-4,6H,5H2,1-2H3,(H,16,17). The lowest BCUT2D eigenvalue weighted by Crippen LogP contribution is -1.98. The number of carbonyl (C=O) groups is 1. The lowest BCUT2D eigenvalue weighted by atomic mass is 9.99. The van der Waals surface area contributed by atoms with E-state index in [1.807, 2.05) is 6.92 Å². The monoisotopic (exact) mass is 238 g/mol. The van der Waals surface area contributed by atoms with Crippen LogP contribution in [-0.2, 0) is 4.79 Å². The van der Waals surface area contributed by atoms with Crippen LogP contribution in [0.25, 0.3) is 5.57 Å². The zero-order valence-electron chi connectivity index (χ0n) is 9.55. The maximum Gasteiger partial charge on any atom is 0.307 e. The highest BCUT2D eigenvalue weighted by molar-refractivity contribution is 5.89. The van der Waals surface area contributed by atoms with Crippen molar-refractivity contribution in [2.45, 2.75) is 26.2 Å². The summed E-state index contributed by atoms with van der Waals surface area (Å²) in [4.78, 5) is 10.8. The van der Waals surface area contributed by atoms with Gasteiger partial charge in [0.1, 0.15) is 0 Å². The zero-order chi connectivity index (χ0) is 12.7. The molecular formula is C13H12F2O2. The third kappa shape index (κ3) is 1.84. The van der Waals surface area contributed by atoms with Gasteiger partial charge in [-0.1, -0.05) is 12.5 Å². The molecule has 1 N–H and O–H groups in total. The second-order valence-corrected chi connectivity index (χ2v) is 4.31. The lowest BCUT2D eigenvalue weighted by molar-refractivity contribution is -0.135. The van der Waals surface area contributed by atoms with Crippen LogP contribution in [-0.4, -0.2) is 11.1 Å². The Balaban J connectivity index is 2.57. The summed E-state index contributed by atoms with van der Waals surface area (Å²) in [6.07, 6.45) is -0.158. The van der Waals surface area contributed by atoms with Crippen LogP contribution in [0, 0.1) is 11.6 Å². The number of aliphatic carboxylic acids is 1. The van der Waals surface area contributed by atoms with Crippen LogP contribution in [0.15, 0.2) is 17.7 Å². The predicted octanol–water partition coefficient (Wildman–Crippen LogP) is 3.33. The van der Waals surface area contributed by atoms with Crippen LogP contribution in [0.3, 0.4) is 0 Å². The van der Waals surface area contributed by atoms with E-state index in [2.05, 4.69) is 0 Å². The molecule has 0 aromatic heterocycles. The van der Waals surface area contributed by atoms with Gasteiger partial charge in [0.2, 0.25) is 0 Å². The summed E-state index contributed by atoms with van der Waals surface area (Å²) in [5, 5.41) is 8.83. The van der Waals surface area contributed by atoms with E-state index < -0.39 is 17.6 Å². The Kier molecular flexibility index (Phi) is 2.73. The van der Waals surface area contributed by atoms with Crippen LogP contribution in [0.4, 0.5) is 8.78 Å². The van der Waals surface area contributed by atoms with Crippen molar-refractivity contribution in [1.29, 1.82) is 0 Å². The van der Waals surface area contributed by atoms with Crippen LogP contribution < -0.4 is 0 Å². The van der Waals surface area contributed by atoms with Gasteiger partial charge in [-0.05, 0) is 35.8 Å². The summed E-state index contributed by atoms with van der Waals surface area (Å²) in [6, 6.07) is 2.25. The van der Waals surface area contributed by atoms with Gasteiger partial charge in [-0.2, -0.15) is 0 Å². The maximum absolute atomic E-state index is 13.2. The summed E-state index contributed by atoms with van der Waals surface area (Å²) < 4.78 is 26.3. The van der Waals surface area contributed by atoms with E-state index >= 15 is 0 Å². The van der Waals surface area contributed by atoms with Crippen molar-refractivity contribution < 1.29 is 18.7 Å². The molecule has 1 unspecified atom stereocenters. The summed E-state index contributed by atoms with van der Waals surface area (Å²) in [5.41, 5.74) is 2.65. The largest absolute Gasteiger partial charge is 0.481 e. The van der Waals surface area contributed by atoms with Gasteiger partial charge in [-0.3, -0.25) is 4.79 Å². The molecule has 1 atom stereocenters. The average Bonchev–Trinajstić information content (AvgIpc) is 2.45. The molecule has 0 fully saturated rings. The van der Waals surface area contributed by atoms with Gasteiger partial charge in [-0.15, -0.1) is 0 Å². The molecule has 1 aliphatic rings. The number of carboxylic acid groups (broad SMARTS) is 1. The molecule has 0 saturated carbocycles. The Labute approximate surface area is 97.6 Å². The fourth-order valence-corrected chi connectivity index (χ4v) is 2.27. The van der Waals surface area contributed by atoms with Crippen molar-refractivity contribution in [2.24, 2.45) is 0 Å². The van der Waals surface area contributed by atoms with Crippen LogP contribution >= 0.6 is 0 Å². The Morgan fingerprint density at radius 1 is 1.35 bits per heavy atom. The van der Waals surface area contributed by atoms with Crippen molar-refractivity contribution in [2.75, 3.05) is 0 Å². The highest BCUT2D eigenvalue weighted by atomic mass is 19.2. The first-order valence-corrected chi connectivity index (χ1v) is 5.32. The van der Waals surface area contributed by atoms with E-state index in [-0.39, 0.29) is 12.3 Å². The number of halogens is 2. The average molecular weight is 238 g/mol. The van der Waals surface area contributed by atoms with E-state index in [0.717, 1.165) is 17.7 Å². The number of fused-ring (bicyclic) bond motifs is 1. The molecule has 1 aromatic rings. The van der Waals surface area contributed by atoms with Gasteiger partial charge in [0.15, 0.2) is 11.6 Å². The predicted molar refractivity (Wildman–Crippen MR) is 59.6 cm³/mol. The van der Waals surface area contributed by atoms with Gasteiger partial charge in [0.05, 0.1) is 6.42 Å². The molecule has 0 radical (unpaired) electrons. The molecule has 0 amide bonds. The molecule has 2 nitrogen and oxygen atoms in total. The topological polar surface area (TPSA) is 37.3 Å². The molecule has 1 aromatic carbocycles. The summed E-state index contributed by atoms with van der Waals surface area (Å²) in [7, 11) is 0. The second-order valence-electron chi connectivity index (χ2n) is 4.31. The Morgan fingerprint density at radius 3 is 2.53 bits per heavy atom. The maximum atomic E-state index is 13.2. The number of benzene rings is 1. The molecular weight excluding hydrogens is 226 g/mol. The van der Waals surface area contributed by atoms with Crippen molar-refractivity contribution in [1.82, 2.24) is 0 Å². The van der Waals surface area contributed by atoms with Gasteiger partial charge in [-0.25, -0.2) is 8.78 Å². The minimum absolute atomic E-state index is 0.0607. The minimum Gasteiger partial charge on any atom is -0.481 e. The van der Waals surface area contributed by atoms with Crippen molar-refractivity contribution in [3.8, 4) is 0 Å². The third-order valence-corrected chi connectivity index (χ3v) is 3.34. The van der Waals surface area contributed by atoms with E-state index in [1.165, 1.54) is 0 Å². The molecule has 4 heteroatoms. The Bertz CT molecular complexity index is 532. The molecule has 0 aliphatic heterocycles. The number of hydrogen-bond acceptors (Lipinski definition) is 1. The lowest BCUT2D eigenvalue weighted by Gasteiger charge is -2.07. The fourth-order valence-electron chi connectivity index (χ4n) is 2.27. The minimum atomic E-state index is -0.968. The summed E-state index contributed by atoms with van der Waals surface area (Å²) >= 11 is 0. The highest BCUT2D eigenvalue weighted by Crippen LogP contribution is 2.43. The van der Waals surface area contributed by atoms with Gasteiger partial charge in [0, 0.05) is 5.92 Å². The first-order valence-electron chi connectivity index (χ1n) is 5.32. The third-order valence-electron chi connectivity index (χ3n) is 3.34. The van der Waals surface area contributed by atoms with Crippen LogP contribution in [0.5, 0.6) is 0 Å².